The first-order valence-corrected chi connectivity index (χ1v) is 7.18. The van der Waals surface area contributed by atoms with Crippen LogP contribution >= 0.6 is 27.5 Å². The fourth-order valence-electron chi connectivity index (χ4n) is 2.10. The molecule has 2 aromatic rings. The van der Waals surface area contributed by atoms with E-state index < -0.39 is 0 Å². The summed E-state index contributed by atoms with van der Waals surface area (Å²) >= 11 is 9.56. The zero-order valence-corrected chi connectivity index (χ0v) is 11.6. The number of nitrogens with zero attached hydrogens (tertiary/aromatic N) is 2. The van der Waals surface area contributed by atoms with Crippen molar-refractivity contribution in [1.29, 1.82) is 0 Å². The van der Waals surface area contributed by atoms with Gasteiger partial charge in [0.25, 0.3) is 0 Å². The topological polar surface area (TPSA) is 17.8 Å². The van der Waals surface area contributed by atoms with Crippen LogP contribution in [0.3, 0.4) is 0 Å². The molecular formula is C13H12BrClN2. The van der Waals surface area contributed by atoms with Gasteiger partial charge in [-0.15, -0.1) is 0 Å². The summed E-state index contributed by atoms with van der Waals surface area (Å²) in [5.74, 6) is 0.670. The van der Waals surface area contributed by atoms with E-state index in [0.717, 1.165) is 16.0 Å². The molecule has 1 heterocycles. The van der Waals surface area contributed by atoms with Gasteiger partial charge < -0.3 is 0 Å². The molecule has 0 saturated heterocycles. The fraction of sp³-hybridized carbons (Fsp3) is 0.308. The Morgan fingerprint density at radius 1 is 1.41 bits per heavy atom. The zero-order valence-electron chi connectivity index (χ0n) is 9.24. The average Bonchev–Trinajstić information content (AvgIpc) is 3.08. The average molecular weight is 312 g/mol. The monoisotopic (exact) mass is 310 g/mol. The first-order chi connectivity index (χ1) is 8.29. The Labute approximate surface area is 114 Å². The predicted molar refractivity (Wildman–Crippen MR) is 73.2 cm³/mol. The van der Waals surface area contributed by atoms with Gasteiger partial charge in [-0.25, -0.2) is 4.68 Å². The molecule has 0 aliphatic heterocycles. The molecule has 1 aliphatic rings. The van der Waals surface area contributed by atoms with Gasteiger partial charge in [-0.3, -0.25) is 0 Å². The van der Waals surface area contributed by atoms with Gasteiger partial charge >= 0.3 is 0 Å². The van der Waals surface area contributed by atoms with Crippen LogP contribution < -0.4 is 0 Å². The van der Waals surface area contributed by atoms with Gasteiger partial charge in [-0.05, 0) is 31.0 Å². The first kappa shape index (κ1) is 11.3. The summed E-state index contributed by atoms with van der Waals surface area (Å²) < 4.78 is 2.03. The quantitative estimate of drug-likeness (QED) is 0.773. The molecule has 17 heavy (non-hydrogen) atoms. The molecule has 0 radical (unpaired) electrons. The second kappa shape index (κ2) is 4.46. The van der Waals surface area contributed by atoms with E-state index in [0.29, 0.717) is 5.92 Å². The number of rotatable bonds is 3. The van der Waals surface area contributed by atoms with Crippen molar-refractivity contribution in [2.45, 2.75) is 24.1 Å². The van der Waals surface area contributed by atoms with E-state index in [4.69, 9.17) is 11.6 Å². The Kier molecular flexibility index (Phi) is 2.97. The largest absolute Gasteiger partial charge is 0.237 e. The maximum atomic E-state index is 6.03. The minimum Gasteiger partial charge on any atom is -0.237 e. The Bertz CT molecular complexity index is 546. The maximum Gasteiger partial charge on any atom is 0.0663 e. The van der Waals surface area contributed by atoms with Gasteiger partial charge in [0.1, 0.15) is 0 Å². The van der Waals surface area contributed by atoms with Crippen molar-refractivity contribution in [3.05, 3.63) is 46.7 Å². The summed E-state index contributed by atoms with van der Waals surface area (Å²) in [5, 5.41) is 6.10. The molecule has 1 aromatic heterocycles. The standard InChI is InChI=1S/C13H12BrClN2/c14-7-10-8-16-17(13(10)9-4-5-9)12-3-1-2-11(15)6-12/h1-3,6,8-9H,4-5,7H2. The van der Waals surface area contributed by atoms with Gasteiger partial charge in [0.05, 0.1) is 17.6 Å². The van der Waals surface area contributed by atoms with Crippen molar-refractivity contribution in [2.24, 2.45) is 0 Å². The van der Waals surface area contributed by atoms with E-state index >= 15 is 0 Å². The van der Waals surface area contributed by atoms with Gasteiger partial charge in [-0.1, -0.05) is 33.6 Å². The van der Waals surface area contributed by atoms with Crippen molar-refractivity contribution in [1.82, 2.24) is 9.78 Å². The van der Waals surface area contributed by atoms with E-state index in [1.54, 1.807) is 0 Å². The molecule has 2 nitrogen and oxygen atoms in total. The molecule has 0 N–H and O–H groups in total. The van der Waals surface area contributed by atoms with Crippen molar-refractivity contribution in [3.8, 4) is 5.69 Å². The van der Waals surface area contributed by atoms with E-state index in [2.05, 4.69) is 21.0 Å². The van der Waals surface area contributed by atoms with E-state index in [1.165, 1.54) is 24.1 Å². The molecule has 0 unspecified atom stereocenters. The molecule has 1 saturated carbocycles. The highest BCUT2D eigenvalue weighted by atomic mass is 79.9. The third-order valence-electron chi connectivity index (χ3n) is 3.05. The smallest absolute Gasteiger partial charge is 0.0663 e. The number of halogens is 2. The lowest BCUT2D eigenvalue weighted by molar-refractivity contribution is 0.805. The highest BCUT2D eigenvalue weighted by Crippen LogP contribution is 2.43. The van der Waals surface area contributed by atoms with Crippen molar-refractivity contribution in [3.63, 3.8) is 0 Å². The third-order valence-corrected chi connectivity index (χ3v) is 3.89. The summed E-state index contributed by atoms with van der Waals surface area (Å²) in [6, 6.07) is 7.85. The van der Waals surface area contributed by atoms with Crippen LogP contribution in [0.1, 0.15) is 30.0 Å². The molecule has 1 aliphatic carbocycles. The Hall–Kier alpha value is -0.800. The first-order valence-electron chi connectivity index (χ1n) is 5.68. The highest BCUT2D eigenvalue weighted by molar-refractivity contribution is 9.08. The molecule has 0 bridgehead atoms. The van der Waals surface area contributed by atoms with E-state index in [1.807, 2.05) is 35.1 Å². The van der Waals surface area contributed by atoms with E-state index in [-0.39, 0.29) is 0 Å². The van der Waals surface area contributed by atoms with Crippen LogP contribution in [-0.4, -0.2) is 9.78 Å². The van der Waals surface area contributed by atoms with Gasteiger partial charge in [0, 0.05) is 21.8 Å². The molecule has 1 aromatic carbocycles. The minimum absolute atomic E-state index is 0.670. The Morgan fingerprint density at radius 3 is 2.88 bits per heavy atom. The van der Waals surface area contributed by atoms with Crippen LogP contribution in [-0.2, 0) is 5.33 Å². The summed E-state index contributed by atoms with van der Waals surface area (Å²) in [4.78, 5) is 0. The number of hydrogen-bond donors (Lipinski definition) is 0. The van der Waals surface area contributed by atoms with Crippen LogP contribution in [0.4, 0.5) is 0 Å². The number of hydrogen-bond acceptors (Lipinski definition) is 1. The lowest BCUT2D eigenvalue weighted by Crippen LogP contribution is -2.02. The van der Waals surface area contributed by atoms with E-state index in [9.17, 15) is 0 Å². The molecule has 4 heteroatoms. The van der Waals surface area contributed by atoms with Gasteiger partial charge in [-0.2, -0.15) is 5.10 Å². The lowest BCUT2D eigenvalue weighted by Gasteiger charge is -2.08. The SMILES string of the molecule is Clc1cccc(-n2ncc(CBr)c2C2CC2)c1. The van der Waals surface area contributed by atoms with Crippen LogP contribution in [0.5, 0.6) is 0 Å². The van der Waals surface area contributed by atoms with Crippen molar-refractivity contribution < 1.29 is 0 Å². The second-order valence-corrected chi connectivity index (χ2v) is 5.35. The normalized spacial score (nSPS) is 15.2. The highest BCUT2D eigenvalue weighted by Gasteiger charge is 2.30. The molecule has 88 valence electrons. The van der Waals surface area contributed by atoms with Crippen molar-refractivity contribution >= 4 is 27.5 Å². The van der Waals surface area contributed by atoms with Crippen LogP contribution in [0.25, 0.3) is 5.69 Å². The Balaban J connectivity index is 2.11. The molecule has 0 atom stereocenters. The third kappa shape index (κ3) is 2.14. The lowest BCUT2D eigenvalue weighted by atomic mass is 10.2. The molecular weight excluding hydrogens is 300 g/mol. The van der Waals surface area contributed by atoms with Gasteiger partial charge in [0.15, 0.2) is 0 Å². The maximum absolute atomic E-state index is 6.03. The summed E-state index contributed by atoms with van der Waals surface area (Å²) in [6.45, 7) is 0. The van der Waals surface area contributed by atoms with Crippen LogP contribution in [0.2, 0.25) is 5.02 Å². The van der Waals surface area contributed by atoms with Crippen molar-refractivity contribution in [2.75, 3.05) is 0 Å². The summed E-state index contributed by atoms with van der Waals surface area (Å²) in [7, 11) is 0. The molecule has 1 fully saturated rings. The Morgan fingerprint density at radius 2 is 2.24 bits per heavy atom. The summed E-state index contributed by atoms with van der Waals surface area (Å²) in [5.41, 5.74) is 3.67. The minimum atomic E-state index is 0.670. The van der Waals surface area contributed by atoms with Gasteiger partial charge in [0.2, 0.25) is 0 Å². The second-order valence-electron chi connectivity index (χ2n) is 4.35. The van der Waals surface area contributed by atoms with Crippen LogP contribution in [0.15, 0.2) is 30.5 Å². The number of aromatic nitrogens is 2. The number of benzene rings is 1. The predicted octanol–water partition coefficient (Wildman–Crippen LogP) is 4.30. The zero-order chi connectivity index (χ0) is 11.8. The molecule has 0 spiro atoms. The summed E-state index contributed by atoms with van der Waals surface area (Å²) in [6.07, 6.45) is 4.49. The molecule has 0 amide bonds. The molecule has 3 rings (SSSR count). The van der Waals surface area contributed by atoms with Crippen LogP contribution in [0, 0.1) is 0 Å². The fourth-order valence-corrected chi connectivity index (χ4v) is 2.72. The number of alkyl halides is 1.